The fourth-order valence-electron chi connectivity index (χ4n) is 7.63. The summed E-state index contributed by atoms with van der Waals surface area (Å²) in [7, 11) is 3.79. The van der Waals surface area contributed by atoms with Gasteiger partial charge in [-0.3, -0.25) is 9.59 Å². The SMILES string of the molecule is CN[C@H]1[C@@H](N(C)C=O)C[C@@H]2O[C@@]1(C)n1c3ccccc3c3c4c(c5c6ccccc6n2c5c31)C(=O)NC4. The van der Waals surface area contributed by atoms with Gasteiger partial charge in [-0.05, 0) is 31.7 Å². The average Bonchev–Trinajstić information content (AvgIpc) is 3.55. The molecule has 0 spiro atoms. The van der Waals surface area contributed by atoms with Gasteiger partial charge < -0.3 is 29.4 Å². The first-order valence-electron chi connectivity index (χ1n) is 12.8. The Hall–Kier alpha value is -3.88. The summed E-state index contributed by atoms with van der Waals surface area (Å²) in [6, 6.07) is 16.4. The van der Waals surface area contributed by atoms with Crippen LogP contribution in [0.3, 0.4) is 0 Å². The molecule has 0 unspecified atom stereocenters. The highest BCUT2D eigenvalue weighted by molar-refractivity contribution is 6.31. The lowest BCUT2D eigenvalue weighted by Crippen LogP contribution is -2.64. The van der Waals surface area contributed by atoms with Crippen molar-refractivity contribution in [2.45, 2.75) is 43.9 Å². The van der Waals surface area contributed by atoms with Crippen LogP contribution < -0.4 is 10.6 Å². The lowest BCUT2D eigenvalue weighted by Gasteiger charge is -2.50. The molecule has 3 aliphatic heterocycles. The fourth-order valence-corrected chi connectivity index (χ4v) is 7.63. The first kappa shape index (κ1) is 21.2. The van der Waals surface area contributed by atoms with E-state index < -0.39 is 5.72 Å². The molecule has 8 heteroatoms. The summed E-state index contributed by atoms with van der Waals surface area (Å²) >= 11 is 0. The smallest absolute Gasteiger partial charge is 0.252 e. The largest absolute Gasteiger partial charge is 0.348 e. The molecular weight excluding hydrogens is 466 g/mol. The standard InChI is InChI=1S/C29H27N5O3/c1-29-27(30-2)20(32(3)14-35)12-21(37-29)33-18-10-6-4-8-15(18)23-24-17(13-31-28(24)36)22-16-9-5-7-11-19(16)34(29)26(22)25(23)33/h4-11,14,20-21,27,30H,12-13H2,1-3H3,(H,31,36)/t20-,21-,27-,29+/m0/s1. The van der Waals surface area contributed by atoms with Crippen LogP contribution in [-0.4, -0.2) is 52.5 Å². The zero-order chi connectivity index (χ0) is 25.2. The van der Waals surface area contributed by atoms with Gasteiger partial charge in [0.25, 0.3) is 5.91 Å². The third-order valence-corrected chi connectivity index (χ3v) is 9.03. The topological polar surface area (TPSA) is 80.5 Å². The van der Waals surface area contributed by atoms with E-state index in [-0.39, 0.29) is 24.2 Å². The molecule has 2 amide bonds. The molecule has 3 aromatic carbocycles. The van der Waals surface area contributed by atoms with Crippen LogP contribution in [0.25, 0.3) is 43.6 Å². The number of fused-ring (bicyclic) bond motifs is 13. The van der Waals surface area contributed by atoms with Crippen molar-refractivity contribution < 1.29 is 14.3 Å². The summed E-state index contributed by atoms with van der Waals surface area (Å²) < 4.78 is 11.8. The van der Waals surface area contributed by atoms with E-state index in [4.69, 9.17) is 4.74 Å². The number of carbonyl (C=O) groups excluding carboxylic acids is 2. The first-order valence-corrected chi connectivity index (χ1v) is 12.8. The number of amides is 2. The molecule has 8 rings (SSSR count). The van der Waals surface area contributed by atoms with Crippen molar-refractivity contribution in [1.82, 2.24) is 24.7 Å². The molecule has 8 nitrogen and oxygen atoms in total. The van der Waals surface area contributed by atoms with Gasteiger partial charge in [0.05, 0.1) is 39.7 Å². The van der Waals surface area contributed by atoms with Crippen LogP contribution in [0.5, 0.6) is 0 Å². The molecule has 5 aromatic rings. The first-order chi connectivity index (χ1) is 18.0. The van der Waals surface area contributed by atoms with E-state index in [1.807, 2.05) is 26.2 Å². The van der Waals surface area contributed by atoms with Gasteiger partial charge in [0.15, 0.2) is 5.72 Å². The van der Waals surface area contributed by atoms with Gasteiger partial charge in [0, 0.05) is 41.6 Å². The van der Waals surface area contributed by atoms with Crippen molar-refractivity contribution in [2.24, 2.45) is 0 Å². The zero-order valence-electron chi connectivity index (χ0n) is 20.9. The molecule has 0 radical (unpaired) electrons. The highest BCUT2D eigenvalue weighted by atomic mass is 16.5. The van der Waals surface area contributed by atoms with Crippen molar-refractivity contribution >= 4 is 55.9 Å². The number of nitrogens with zero attached hydrogens (tertiary/aromatic N) is 3. The predicted molar refractivity (Wildman–Crippen MR) is 142 cm³/mol. The molecule has 4 atom stereocenters. The van der Waals surface area contributed by atoms with E-state index in [1.165, 1.54) is 0 Å². The molecule has 1 fully saturated rings. The normalized spacial score (nSPS) is 26.2. The second-order valence-corrected chi connectivity index (χ2v) is 10.7. The Morgan fingerprint density at radius 1 is 1.08 bits per heavy atom. The summed E-state index contributed by atoms with van der Waals surface area (Å²) in [5.41, 5.74) is 5.22. The number of nitrogens with one attached hydrogen (secondary N) is 2. The predicted octanol–water partition coefficient (Wildman–Crippen LogP) is 3.80. The summed E-state index contributed by atoms with van der Waals surface area (Å²) in [6.07, 6.45) is 1.21. The molecule has 2 bridgehead atoms. The molecular formula is C29H27N5O3. The lowest BCUT2D eigenvalue weighted by atomic mass is 9.89. The number of likely N-dealkylation sites (N-methyl/N-ethyl adjacent to an activating group) is 2. The fraction of sp³-hybridized carbons (Fsp3) is 0.310. The Morgan fingerprint density at radius 2 is 1.78 bits per heavy atom. The second kappa shape index (κ2) is 6.90. The number of hydrogen-bond acceptors (Lipinski definition) is 4. The average molecular weight is 494 g/mol. The number of rotatable bonds is 3. The molecule has 1 saturated heterocycles. The van der Waals surface area contributed by atoms with Crippen LogP contribution in [0.15, 0.2) is 48.5 Å². The number of benzene rings is 3. The number of aromatic nitrogens is 2. The monoisotopic (exact) mass is 493 g/mol. The van der Waals surface area contributed by atoms with E-state index in [2.05, 4.69) is 63.1 Å². The van der Waals surface area contributed by atoms with E-state index in [0.29, 0.717) is 13.0 Å². The highest BCUT2D eigenvalue weighted by Crippen LogP contribution is 2.53. The van der Waals surface area contributed by atoms with Crippen molar-refractivity contribution in [3.63, 3.8) is 0 Å². The van der Waals surface area contributed by atoms with Gasteiger partial charge >= 0.3 is 0 Å². The summed E-state index contributed by atoms with van der Waals surface area (Å²) in [4.78, 5) is 27.2. The van der Waals surface area contributed by atoms with Gasteiger partial charge in [-0.15, -0.1) is 0 Å². The van der Waals surface area contributed by atoms with Crippen LogP contribution >= 0.6 is 0 Å². The number of ether oxygens (including phenoxy) is 1. The third kappa shape index (κ3) is 2.32. The third-order valence-electron chi connectivity index (χ3n) is 9.03. The second-order valence-electron chi connectivity index (χ2n) is 10.7. The van der Waals surface area contributed by atoms with Crippen LogP contribution in [0.2, 0.25) is 0 Å². The Morgan fingerprint density at radius 3 is 2.51 bits per heavy atom. The maximum absolute atomic E-state index is 13.4. The maximum Gasteiger partial charge on any atom is 0.252 e. The van der Waals surface area contributed by atoms with Gasteiger partial charge in [-0.25, -0.2) is 0 Å². The minimum absolute atomic E-state index is 0.0253. The Kier molecular flexibility index (Phi) is 3.96. The molecule has 2 N–H and O–H groups in total. The number of hydrogen-bond donors (Lipinski definition) is 2. The van der Waals surface area contributed by atoms with Gasteiger partial charge in [0.2, 0.25) is 6.41 Å². The Labute approximate surface area is 212 Å². The molecule has 186 valence electrons. The van der Waals surface area contributed by atoms with Gasteiger partial charge in [0.1, 0.15) is 6.23 Å². The Balaban J connectivity index is 1.68. The van der Waals surface area contributed by atoms with E-state index in [1.54, 1.807) is 4.90 Å². The molecule has 37 heavy (non-hydrogen) atoms. The van der Waals surface area contributed by atoms with Crippen molar-refractivity contribution in [3.8, 4) is 0 Å². The van der Waals surface area contributed by atoms with E-state index >= 15 is 0 Å². The summed E-state index contributed by atoms with van der Waals surface area (Å²) in [6.45, 7) is 2.63. The van der Waals surface area contributed by atoms with E-state index in [0.717, 1.165) is 61.1 Å². The summed E-state index contributed by atoms with van der Waals surface area (Å²) in [5.74, 6) is -0.0253. The highest BCUT2D eigenvalue weighted by Gasteiger charge is 2.53. The van der Waals surface area contributed by atoms with Crippen molar-refractivity contribution in [3.05, 3.63) is 59.7 Å². The molecule has 0 aliphatic carbocycles. The van der Waals surface area contributed by atoms with Crippen molar-refractivity contribution in [2.75, 3.05) is 14.1 Å². The molecule has 2 aromatic heterocycles. The molecule has 5 heterocycles. The maximum atomic E-state index is 13.4. The quantitative estimate of drug-likeness (QED) is 0.375. The zero-order valence-corrected chi connectivity index (χ0v) is 20.9. The van der Waals surface area contributed by atoms with E-state index in [9.17, 15) is 9.59 Å². The summed E-state index contributed by atoms with van der Waals surface area (Å²) in [5, 5.41) is 10.9. The van der Waals surface area contributed by atoms with Crippen LogP contribution in [0.4, 0.5) is 0 Å². The van der Waals surface area contributed by atoms with Crippen molar-refractivity contribution in [1.29, 1.82) is 0 Å². The number of para-hydroxylation sites is 2. The van der Waals surface area contributed by atoms with Crippen LogP contribution in [0.1, 0.15) is 35.5 Å². The Bertz CT molecular complexity index is 1830. The van der Waals surface area contributed by atoms with Gasteiger partial charge in [-0.1, -0.05) is 36.4 Å². The minimum Gasteiger partial charge on any atom is -0.348 e. The molecule has 3 aliphatic rings. The lowest BCUT2D eigenvalue weighted by molar-refractivity contribution is -0.219. The molecule has 0 saturated carbocycles. The van der Waals surface area contributed by atoms with Crippen LogP contribution in [0, 0.1) is 0 Å². The minimum atomic E-state index is -0.807. The number of carbonyl (C=O) groups is 2. The van der Waals surface area contributed by atoms with Gasteiger partial charge in [-0.2, -0.15) is 0 Å². The van der Waals surface area contributed by atoms with Crippen LogP contribution in [-0.2, 0) is 21.8 Å².